The highest BCUT2D eigenvalue weighted by molar-refractivity contribution is 5.79. The average molecular weight is 321 g/mol. The summed E-state index contributed by atoms with van der Waals surface area (Å²) in [6, 6.07) is 7.08. The van der Waals surface area contributed by atoms with Gasteiger partial charge in [-0.3, -0.25) is 9.59 Å². The molecule has 0 saturated carbocycles. The van der Waals surface area contributed by atoms with Gasteiger partial charge in [-0.2, -0.15) is 0 Å². The van der Waals surface area contributed by atoms with Crippen molar-refractivity contribution in [3.63, 3.8) is 0 Å². The molecule has 0 aliphatic heterocycles. The van der Waals surface area contributed by atoms with Crippen molar-refractivity contribution in [2.45, 2.75) is 26.3 Å². The molecule has 1 aromatic rings. The molecular formula is C17H27N3O3. The minimum atomic E-state index is -0.403. The van der Waals surface area contributed by atoms with E-state index in [0.29, 0.717) is 18.9 Å². The third-order valence-electron chi connectivity index (χ3n) is 3.47. The van der Waals surface area contributed by atoms with Crippen LogP contribution in [0.3, 0.4) is 0 Å². The lowest BCUT2D eigenvalue weighted by atomic mass is 10.0. The fraction of sp³-hybridized carbons (Fsp3) is 0.529. The van der Waals surface area contributed by atoms with Gasteiger partial charge in [0, 0.05) is 32.6 Å². The predicted molar refractivity (Wildman–Crippen MR) is 90.3 cm³/mol. The Morgan fingerprint density at radius 1 is 1.30 bits per heavy atom. The van der Waals surface area contributed by atoms with Crippen molar-refractivity contribution in [1.29, 1.82) is 0 Å². The first-order chi connectivity index (χ1) is 11.0. The number of carbonyl (C=O) groups is 2. The summed E-state index contributed by atoms with van der Waals surface area (Å²) in [5.41, 5.74) is 0.819. The van der Waals surface area contributed by atoms with Crippen LogP contribution in [0.15, 0.2) is 24.3 Å². The molecule has 6 nitrogen and oxygen atoms in total. The van der Waals surface area contributed by atoms with Gasteiger partial charge in [0.25, 0.3) is 0 Å². The Balaban J connectivity index is 2.92. The Hall–Kier alpha value is -2.08. The maximum atomic E-state index is 12.4. The molecule has 128 valence electrons. The van der Waals surface area contributed by atoms with Crippen molar-refractivity contribution in [3.8, 4) is 5.75 Å². The van der Waals surface area contributed by atoms with E-state index in [-0.39, 0.29) is 18.2 Å². The molecule has 0 bridgehead atoms. The molecule has 0 aliphatic carbocycles. The number of benzene rings is 1. The second-order valence-corrected chi connectivity index (χ2v) is 5.35. The summed E-state index contributed by atoms with van der Waals surface area (Å²) in [6.45, 7) is 5.23. The van der Waals surface area contributed by atoms with E-state index in [0.717, 1.165) is 12.1 Å². The molecule has 1 unspecified atom stereocenters. The first-order valence-electron chi connectivity index (χ1n) is 7.87. The fourth-order valence-corrected chi connectivity index (χ4v) is 2.27. The lowest BCUT2D eigenvalue weighted by Crippen LogP contribution is -2.36. The molecular weight excluding hydrogens is 294 g/mol. The number of rotatable bonds is 9. The number of hydrogen-bond donors (Lipinski definition) is 2. The van der Waals surface area contributed by atoms with Gasteiger partial charge in [0.1, 0.15) is 5.75 Å². The Morgan fingerprint density at radius 2 is 2.00 bits per heavy atom. The summed E-state index contributed by atoms with van der Waals surface area (Å²) >= 11 is 0. The number of amides is 2. The van der Waals surface area contributed by atoms with Crippen molar-refractivity contribution in [2.24, 2.45) is 0 Å². The van der Waals surface area contributed by atoms with Crippen LogP contribution in [0.2, 0.25) is 0 Å². The van der Waals surface area contributed by atoms with Gasteiger partial charge in [-0.1, -0.05) is 18.2 Å². The fourth-order valence-electron chi connectivity index (χ4n) is 2.27. The number of para-hydroxylation sites is 1. The van der Waals surface area contributed by atoms with Crippen LogP contribution in [0.25, 0.3) is 0 Å². The van der Waals surface area contributed by atoms with Crippen LogP contribution in [-0.4, -0.2) is 50.5 Å². The van der Waals surface area contributed by atoms with Crippen molar-refractivity contribution in [1.82, 2.24) is 15.5 Å². The predicted octanol–water partition coefficient (Wildman–Crippen LogP) is 1.33. The topological polar surface area (TPSA) is 70.7 Å². The smallest absolute Gasteiger partial charge is 0.224 e. The Labute approximate surface area is 138 Å². The molecule has 1 rings (SSSR count). The maximum Gasteiger partial charge on any atom is 0.224 e. The van der Waals surface area contributed by atoms with Crippen molar-refractivity contribution >= 4 is 11.8 Å². The zero-order chi connectivity index (χ0) is 17.2. The van der Waals surface area contributed by atoms with Gasteiger partial charge in [0.05, 0.1) is 19.1 Å². The van der Waals surface area contributed by atoms with Crippen LogP contribution in [0, 0.1) is 0 Å². The average Bonchev–Trinajstić information content (AvgIpc) is 2.52. The molecule has 0 radical (unpaired) electrons. The van der Waals surface area contributed by atoms with Gasteiger partial charge in [-0.25, -0.2) is 0 Å². The summed E-state index contributed by atoms with van der Waals surface area (Å²) in [5.74, 6) is 0.497. The van der Waals surface area contributed by atoms with E-state index >= 15 is 0 Å². The van der Waals surface area contributed by atoms with Crippen LogP contribution >= 0.6 is 0 Å². The van der Waals surface area contributed by atoms with Gasteiger partial charge in [-0.05, 0) is 20.0 Å². The number of nitrogens with zero attached hydrogens (tertiary/aromatic N) is 1. The minimum Gasteiger partial charge on any atom is -0.494 e. The van der Waals surface area contributed by atoms with E-state index in [1.54, 1.807) is 11.9 Å². The summed E-state index contributed by atoms with van der Waals surface area (Å²) in [6.07, 6.45) is 0.198. The summed E-state index contributed by atoms with van der Waals surface area (Å²) in [5, 5.41) is 5.87. The number of carbonyl (C=O) groups excluding carboxylic acids is 2. The molecule has 0 spiro atoms. The highest BCUT2D eigenvalue weighted by atomic mass is 16.5. The molecule has 0 aliphatic rings. The molecule has 23 heavy (non-hydrogen) atoms. The highest BCUT2D eigenvalue weighted by Gasteiger charge is 2.22. The van der Waals surface area contributed by atoms with E-state index in [2.05, 4.69) is 10.6 Å². The monoisotopic (exact) mass is 321 g/mol. The van der Waals surface area contributed by atoms with Crippen molar-refractivity contribution in [3.05, 3.63) is 29.8 Å². The quantitative estimate of drug-likeness (QED) is 0.720. The first-order valence-corrected chi connectivity index (χ1v) is 7.87. The minimum absolute atomic E-state index is 0.0229. The van der Waals surface area contributed by atoms with Crippen LogP contribution in [0.5, 0.6) is 5.75 Å². The summed E-state index contributed by atoms with van der Waals surface area (Å²) in [4.78, 5) is 25.6. The lowest BCUT2D eigenvalue weighted by Gasteiger charge is -2.24. The van der Waals surface area contributed by atoms with Crippen LogP contribution in [-0.2, 0) is 9.59 Å². The van der Waals surface area contributed by atoms with E-state index in [9.17, 15) is 9.59 Å². The van der Waals surface area contributed by atoms with E-state index in [1.807, 2.05) is 38.2 Å². The van der Waals surface area contributed by atoms with E-state index in [4.69, 9.17) is 4.74 Å². The number of ether oxygens (including phenoxy) is 1. The van der Waals surface area contributed by atoms with Crippen molar-refractivity contribution in [2.75, 3.05) is 33.8 Å². The lowest BCUT2D eigenvalue weighted by molar-refractivity contribution is -0.130. The molecule has 6 heteroatoms. The normalized spacial score (nSPS) is 11.7. The largest absolute Gasteiger partial charge is 0.494 e. The van der Waals surface area contributed by atoms with E-state index < -0.39 is 6.04 Å². The summed E-state index contributed by atoms with van der Waals surface area (Å²) < 4.78 is 5.62. The molecule has 0 aromatic heterocycles. The Morgan fingerprint density at radius 3 is 2.61 bits per heavy atom. The maximum absolute atomic E-state index is 12.4. The highest BCUT2D eigenvalue weighted by Crippen LogP contribution is 2.27. The van der Waals surface area contributed by atoms with Crippen LogP contribution in [0.1, 0.15) is 31.9 Å². The number of hydrogen-bond acceptors (Lipinski definition) is 4. The zero-order valence-electron chi connectivity index (χ0n) is 14.4. The molecule has 0 fully saturated rings. The second-order valence-electron chi connectivity index (χ2n) is 5.35. The third kappa shape index (κ3) is 6.28. The van der Waals surface area contributed by atoms with Gasteiger partial charge >= 0.3 is 0 Å². The first kappa shape index (κ1) is 19.0. The zero-order valence-corrected chi connectivity index (χ0v) is 14.4. The van der Waals surface area contributed by atoms with Gasteiger partial charge < -0.3 is 20.3 Å². The molecule has 2 N–H and O–H groups in total. The molecule has 0 heterocycles. The number of nitrogens with one attached hydrogen (secondary N) is 2. The number of likely N-dealkylation sites (N-methyl/N-ethyl adjacent to an activating group) is 2. The van der Waals surface area contributed by atoms with Crippen LogP contribution < -0.4 is 15.4 Å². The Kier molecular flexibility index (Phi) is 8.11. The molecule has 2 amide bonds. The van der Waals surface area contributed by atoms with Gasteiger partial charge in [0.15, 0.2) is 0 Å². The second kappa shape index (κ2) is 9.84. The SMILES string of the molecule is CCOc1ccccc1C(CC(=O)N(C)CCNC)NC(C)=O. The molecule has 1 aromatic carbocycles. The Bertz CT molecular complexity index is 520. The van der Waals surface area contributed by atoms with Crippen molar-refractivity contribution < 1.29 is 14.3 Å². The molecule has 1 atom stereocenters. The van der Waals surface area contributed by atoms with E-state index in [1.165, 1.54) is 6.92 Å². The molecule has 0 saturated heterocycles. The van der Waals surface area contributed by atoms with Gasteiger partial charge in [0.2, 0.25) is 11.8 Å². The summed E-state index contributed by atoms with van der Waals surface area (Å²) in [7, 11) is 3.61. The standard InChI is InChI=1S/C17H27N3O3/c1-5-23-16-9-7-6-8-14(16)15(19-13(2)21)12-17(22)20(4)11-10-18-3/h6-9,15,18H,5,10-12H2,1-4H3,(H,19,21). The van der Waals surface area contributed by atoms with Crippen LogP contribution in [0.4, 0.5) is 0 Å². The van der Waals surface area contributed by atoms with Gasteiger partial charge in [-0.15, -0.1) is 0 Å². The third-order valence-corrected chi connectivity index (χ3v) is 3.47.